The van der Waals surface area contributed by atoms with Crippen LogP contribution in [0.25, 0.3) is 0 Å². The van der Waals surface area contributed by atoms with Crippen LogP contribution in [0.1, 0.15) is 24.3 Å². The Morgan fingerprint density at radius 1 is 1.44 bits per heavy atom. The third-order valence-corrected chi connectivity index (χ3v) is 4.52. The molecule has 1 aliphatic carbocycles. The molecule has 1 amide bonds. The first-order valence-corrected chi connectivity index (χ1v) is 8.34. The summed E-state index contributed by atoms with van der Waals surface area (Å²) in [5.41, 5.74) is 7.75. The highest BCUT2D eigenvalue weighted by Crippen LogP contribution is 2.32. The highest BCUT2D eigenvalue weighted by molar-refractivity contribution is 6.28. The van der Waals surface area contributed by atoms with E-state index < -0.39 is 5.91 Å². The molecule has 0 bridgehead atoms. The van der Waals surface area contributed by atoms with E-state index in [-0.39, 0.29) is 17.0 Å². The molecule has 3 rings (SSSR count). The van der Waals surface area contributed by atoms with E-state index in [4.69, 9.17) is 11.1 Å². The molecule has 6 N–H and O–H groups in total. The lowest BCUT2D eigenvalue weighted by molar-refractivity contribution is -0.114. The molecule has 0 saturated carbocycles. The molecule has 1 aromatic rings. The van der Waals surface area contributed by atoms with Gasteiger partial charge in [0.1, 0.15) is 5.75 Å². The molecule has 6 nitrogen and oxygen atoms in total. The molecule has 25 heavy (non-hydrogen) atoms. The Bertz CT molecular complexity index is 787. The van der Waals surface area contributed by atoms with Gasteiger partial charge in [-0.2, -0.15) is 0 Å². The average molecular weight is 338 g/mol. The van der Waals surface area contributed by atoms with Crippen LogP contribution in [0.15, 0.2) is 53.8 Å². The first kappa shape index (κ1) is 17.0. The van der Waals surface area contributed by atoms with Crippen LogP contribution in [0.2, 0.25) is 0 Å². The molecule has 6 heteroatoms. The van der Waals surface area contributed by atoms with Crippen molar-refractivity contribution in [2.24, 2.45) is 5.73 Å². The van der Waals surface area contributed by atoms with Crippen molar-refractivity contribution in [1.29, 1.82) is 5.41 Å². The van der Waals surface area contributed by atoms with Crippen molar-refractivity contribution in [1.82, 2.24) is 5.32 Å². The smallest absolute Gasteiger partial charge is 0.250 e. The van der Waals surface area contributed by atoms with Crippen molar-refractivity contribution in [3.8, 4) is 5.75 Å². The summed E-state index contributed by atoms with van der Waals surface area (Å²) < 4.78 is 0. The second kappa shape index (κ2) is 7.36. The van der Waals surface area contributed by atoms with Crippen molar-refractivity contribution < 1.29 is 9.90 Å². The quantitative estimate of drug-likeness (QED) is 0.579. The van der Waals surface area contributed by atoms with Crippen molar-refractivity contribution in [3.05, 3.63) is 59.3 Å². The highest BCUT2D eigenvalue weighted by atomic mass is 16.3. The largest absolute Gasteiger partial charge is 0.508 e. The van der Waals surface area contributed by atoms with Gasteiger partial charge in [0.15, 0.2) is 0 Å². The Hall–Kier alpha value is -2.86. The van der Waals surface area contributed by atoms with Crippen molar-refractivity contribution in [2.75, 3.05) is 18.4 Å². The Kier molecular flexibility index (Phi) is 5.00. The summed E-state index contributed by atoms with van der Waals surface area (Å²) in [6.07, 6.45) is 8.75. The van der Waals surface area contributed by atoms with Gasteiger partial charge in [0.2, 0.25) is 0 Å². The number of benzene rings is 1. The molecular weight excluding hydrogens is 316 g/mol. The molecule has 2 aliphatic rings. The van der Waals surface area contributed by atoms with Gasteiger partial charge in [-0.15, -0.1) is 0 Å². The standard InChI is InChI=1S/C19H22N4O2/c20-18-13(3-1-5-16(18)19(21)25)11-23-14-6-7-15(17(24)9-14)12-4-2-8-22-10-12/h1,3,5-7,9,11-12,20,22-24H,2,4,8,10H2,(H2,21,25)/b13-11-,20-18?/t12-/m1/s1. The molecule has 1 aromatic carbocycles. The van der Waals surface area contributed by atoms with Crippen LogP contribution in [0.3, 0.4) is 0 Å². The second-order valence-corrected chi connectivity index (χ2v) is 6.24. The normalized spacial score (nSPS) is 21.9. The number of rotatable bonds is 4. The molecule has 130 valence electrons. The molecule has 0 aromatic heterocycles. The Balaban J connectivity index is 1.72. The van der Waals surface area contributed by atoms with Gasteiger partial charge in [-0.1, -0.05) is 18.2 Å². The lowest BCUT2D eigenvalue weighted by Crippen LogP contribution is -2.28. The Morgan fingerprint density at radius 2 is 2.28 bits per heavy atom. The van der Waals surface area contributed by atoms with Crippen LogP contribution in [0.4, 0.5) is 5.69 Å². The summed E-state index contributed by atoms with van der Waals surface area (Å²) >= 11 is 0. The number of phenols is 1. The molecule has 1 atom stereocenters. The molecule has 1 heterocycles. The van der Waals surface area contributed by atoms with Gasteiger partial charge in [0, 0.05) is 36.0 Å². The third-order valence-electron chi connectivity index (χ3n) is 4.52. The van der Waals surface area contributed by atoms with E-state index >= 15 is 0 Å². The SMILES string of the molecule is N=C1C(C(N)=O)=CC=C/C1=C/Nc1ccc([C@@H]2CCCNC2)c(O)c1. The number of anilines is 1. The van der Waals surface area contributed by atoms with E-state index in [2.05, 4.69) is 10.6 Å². The summed E-state index contributed by atoms with van der Waals surface area (Å²) in [7, 11) is 0. The van der Waals surface area contributed by atoms with E-state index in [9.17, 15) is 9.90 Å². The zero-order valence-corrected chi connectivity index (χ0v) is 13.9. The van der Waals surface area contributed by atoms with Gasteiger partial charge >= 0.3 is 0 Å². The summed E-state index contributed by atoms with van der Waals surface area (Å²) in [4.78, 5) is 11.3. The maximum atomic E-state index is 11.3. The molecular formula is C19H22N4O2. The lowest BCUT2D eigenvalue weighted by atomic mass is 9.91. The molecule has 1 aliphatic heterocycles. The van der Waals surface area contributed by atoms with Crippen molar-refractivity contribution >= 4 is 17.3 Å². The number of amides is 1. The fourth-order valence-corrected chi connectivity index (χ4v) is 3.15. The predicted octanol–water partition coefficient (Wildman–Crippen LogP) is 2.16. The number of hydrogen-bond donors (Lipinski definition) is 5. The van der Waals surface area contributed by atoms with Gasteiger partial charge in [0.05, 0.1) is 11.3 Å². The number of nitrogens with two attached hydrogens (primary N) is 1. The highest BCUT2D eigenvalue weighted by Gasteiger charge is 2.19. The maximum absolute atomic E-state index is 11.3. The van der Waals surface area contributed by atoms with Crippen LogP contribution in [-0.4, -0.2) is 29.8 Å². The maximum Gasteiger partial charge on any atom is 0.250 e. The number of phenolic OH excluding ortho intramolecular Hbond substituents is 1. The van der Waals surface area contributed by atoms with Crippen LogP contribution in [0.5, 0.6) is 5.75 Å². The lowest BCUT2D eigenvalue weighted by Gasteiger charge is -2.24. The number of primary amides is 1. The van der Waals surface area contributed by atoms with E-state index in [0.717, 1.165) is 31.5 Å². The minimum Gasteiger partial charge on any atom is -0.508 e. The van der Waals surface area contributed by atoms with E-state index in [1.807, 2.05) is 12.1 Å². The van der Waals surface area contributed by atoms with E-state index in [0.29, 0.717) is 17.2 Å². The molecule has 1 saturated heterocycles. The number of nitrogens with one attached hydrogen (secondary N) is 3. The minimum atomic E-state index is -0.622. The number of carbonyl (C=O) groups is 1. The zero-order valence-electron chi connectivity index (χ0n) is 13.9. The Labute approximate surface area is 146 Å². The topological polar surface area (TPSA) is 111 Å². The van der Waals surface area contributed by atoms with Gasteiger partial charge < -0.3 is 21.5 Å². The second-order valence-electron chi connectivity index (χ2n) is 6.24. The van der Waals surface area contributed by atoms with Gasteiger partial charge in [-0.25, -0.2) is 0 Å². The van der Waals surface area contributed by atoms with Crippen LogP contribution in [0, 0.1) is 5.41 Å². The molecule has 1 fully saturated rings. The van der Waals surface area contributed by atoms with Gasteiger partial charge in [-0.05, 0) is 37.1 Å². The predicted molar refractivity (Wildman–Crippen MR) is 98.8 cm³/mol. The monoisotopic (exact) mass is 338 g/mol. The first-order chi connectivity index (χ1) is 12.1. The summed E-state index contributed by atoms with van der Waals surface area (Å²) in [5, 5.41) is 24.8. The van der Waals surface area contributed by atoms with Crippen LogP contribution < -0.4 is 16.4 Å². The minimum absolute atomic E-state index is 0.0802. The number of piperidine rings is 1. The first-order valence-electron chi connectivity index (χ1n) is 8.34. The summed E-state index contributed by atoms with van der Waals surface area (Å²) in [5.74, 6) is -0.0219. The number of hydrogen-bond acceptors (Lipinski definition) is 5. The molecule has 0 radical (unpaired) electrons. The summed E-state index contributed by atoms with van der Waals surface area (Å²) in [6.45, 7) is 1.92. The fraction of sp³-hybridized carbons (Fsp3) is 0.263. The number of carbonyl (C=O) groups excluding carboxylic acids is 1. The molecule has 0 spiro atoms. The van der Waals surface area contributed by atoms with Gasteiger partial charge in [0.25, 0.3) is 5.91 Å². The number of aromatic hydroxyl groups is 1. The van der Waals surface area contributed by atoms with Crippen molar-refractivity contribution in [3.63, 3.8) is 0 Å². The third kappa shape index (κ3) is 3.80. The zero-order chi connectivity index (χ0) is 17.8. The van der Waals surface area contributed by atoms with Crippen molar-refractivity contribution in [2.45, 2.75) is 18.8 Å². The molecule has 0 unspecified atom stereocenters. The summed E-state index contributed by atoms with van der Waals surface area (Å²) in [6, 6.07) is 5.52. The Morgan fingerprint density at radius 3 is 2.96 bits per heavy atom. The average Bonchev–Trinajstić information content (AvgIpc) is 2.61. The number of allylic oxidation sites excluding steroid dienone is 4. The van der Waals surface area contributed by atoms with E-state index in [1.165, 1.54) is 6.08 Å². The van der Waals surface area contributed by atoms with Crippen LogP contribution in [-0.2, 0) is 4.79 Å². The van der Waals surface area contributed by atoms with E-state index in [1.54, 1.807) is 24.4 Å². The van der Waals surface area contributed by atoms with Gasteiger partial charge in [-0.3, -0.25) is 10.2 Å². The van der Waals surface area contributed by atoms with Crippen LogP contribution >= 0.6 is 0 Å². The fourth-order valence-electron chi connectivity index (χ4n) is 3.15.